The molecule has 0 radical (unpaired) electrons. The molecule has 0 aliphatic carbocycles. The number of carbonyl (C=O) groups is 3. The summed E-state index contributed by atoms with van der Waals surface area (Å²) in [5, 5.41) is 5.56. The maximum Gasteiger partial charge on any atom is 0.258 e. The zero-order valence-electron chi connectivity index (χ0n) is 19.2. The zero-order valence-corrected chi connectivity index (χ0v) is 19.2. The predicted molar refractivity (Wildman–Crippen MR) is 127 cm³/mol. The van der Waals surface area contributed by atoms with E-state index in [1.807, 2.05) is 38.1 Å². The highest BCUT2D eigenvalue weighted by Crippen LogP contribution is 2.30. The molecule has 33 heavy (non-hydrogen) atoms. The van der Waals surface area contributed by atoms with E-state index >= 15 is 0 Å². The first-order valence-electron chi connectivity index (χ1n) is 11.1. The van der Waals surface area contributed by atoms with Crippen molar-refractivity contribution < 1.29 is 19.1 Å². The molecule has 0 spiro atoms. The second-order valence-corrected chi connectivity index (χ2v) is 8.03. The first kappa shape index (κ1) is 24.0. The smallest absolute Gasteiger partial charge is 0.258 e. The number of H-pyrrole nitrogens is 1. The van der Waals surface area contributed by atoms with Crippen LogP contribution in [-0.2, 0) is 9.59 Å². The van der Waals surface area contributed by atoms with Gasteiger partial charge in [0.2, 0.25) is 5.91 Å². The number of imidazole rings is 1. The molecule has 0 saturated heterocycles. The van der Waals surface area contributed by atoms with E-state index in [4.69, 9.17) is 4.74 Å². The Bertz CT molecular complexity index is 1120. The molecule has 8 heteroatoms. The third-order valence-corrected chi connectivity index (χ3v) is 5.89. The molecule has 2 aromatic carbocycles. The number of fused-ring (bicyclic) bond motifs is 1. The van der Waals surface area contributed by atoms with Crippen LogP contribution in [0.1, 0.15) is 43.5 Å². The Morgan fingerprint density at radius 2 is 2.03 bits per heavy atom. The fraction of sp³-hybridized carbons (Fsp3) is 0.360. The number of hydrogen-bond donors (Lipinski definition) is 3. The number of amides is 2. The van der Waals surface area contributed by atoms with Crippen molar-refractivity contribution in [3.8, 4) is 16.9 Å². The number of benzene rings is 2. The molecule has 8 nitrogen and oxygen atoms in total. The van der Waals surface area contributed by atoms with Crippen LogP contribution < -0.4 is 15.4 Å². The Kier molecular flexibility index (Phi) is 8.18. The van der Waals surface area contributed by atoms with Gasteiger partial charge in [0.05, 0.1) is 22.9 Å². The molecule has 2 atom stereocenters. The molecule has 1 aromatic heterocycles. The van der Waals surface area contributed by atoms with Crippen LogP contribution in [0, 0.1) is 5.92 Å². The molecule has 0 aliphatic heterocycles. The van der Waals surface area contributed by atoms with E-state index in [0.717, 1.165) is 28.6 Å². The standard InChI is InChI=1S/C25H30N4O4/c1-4-16(2)20(9-11-23(31)26-3)29-24(32)14-33-22-10-8-17(12-18(22)13-30)19-6-5-7-21-25(19)28-15-27-21/h5-8,10,12-13,15-16,20H,4,9,11,14H2,1-3H3,(H,26,31)(H,27,28)(H,29,32)/t16-,20+/m0/s1. The van der Waals surface area contributed by atoms with Crippen molar-refractivity contribution in [3.05, 3.63) is 48.3 Å². The lowest BCUT2D eigenvalue weighted by molar-refractivity contribution is -0.125. The molecule has 0 unspecified atom stereocenters. The van der Waals surface area contributed by atoms with Crippen molar-refractivity contribution in [3.63, 3.8) is 0 Å². The number of nitrogens with zero attached hydrogens (tertiary/aromatic N) is 1. The highest BCUT2D eigenvalue weighted by Gasteiger charge is 2.20. The molecule has 2 amide bonds. The summed E-state index contributed by atoms with van der Waals surface area (Å²) in [6.45, 7) is 3.86. The molecule has 1 heterocycles. The molecule has 3 aromatic rings. The van der Waals surface area contributed by atoms with Gasteiger partial charge in [-0.05, 0) is 36.1 Å². The van der Waals surface area contributed by atoms with Crippen LogP contribution in [0.25, 0.3) is 22.2 Å². The third-order valence-electron chi connectivity index (χ3n) is 5.89. The fourth-order valence-corrected chi connectivity index (χ4v) is 3.72. The van der Waals surface area contributed by atoms with Gasteiger partial charge in [-0.3, -0.25) is 14.4 Å². The van der Waals surface area contributed by atoms with E-state index in [1.54, 1.807) is 25.5 Å². The number of hydrogen-bond acceptors (Lipinski definition) is 5. The van der Waals surface area contributed by atoms with Gasteiger partial charge in [-0.15, -0.1) is 0 Å². The van der Waals surface area contributed by atoms with Gasteiger partial charge in [-0.2, -0.15) is 0 Å². The summed E-state index contributed by atoms with van der Waals surface area (Å²) < 4.78 is 5.67. The first-order valence-corrected chi connectivity index (χ1v) is 11.1. The van der Waals surface area contributed by atoms with Gasteiger partial charge >= 0.3 is 0 Å². The normalized spacial score (nSPS) is 12.7. The van der Waals surface area contributed by atoms with E-state index in [0.29, 0.717) is 30.4 Å². The first-order chi connectivity index (χ1) is 16.0. The highest BCUT2D eigenvalue weighted by atomic mass is 16.5. The van der Waals surface area contributed by atoms with Gasteiger partial charge in [0.15, 0.2) is 12.9 Å². The molecule has 3 rings (SSSR count). The molecule has 0 aliphatic rings. The van der Waals surface area contributed by atoms with Crippen LogP contribution in [0.4, 0.5) is 0 Å². The lowest BCUT2D eigenvalue weighted by Gasteiger charge is -2.24. The van der Waals surface area contributed by atoms with Crippen LogP contribution in [0.2, 0.25) is 0 Å². The zero-order chi connectivity index (χ0) is 23.8. The second kappa shape index (κ2) is 11.3. The lowest BCUT2D eigenvalue weighted by atomic mass is 9.95. The van der Waals surface area contributed by atoms with E-state index < -0.39 is 0 Å². The molecule has 0 fully saturated rings. The van der Waals surface area contributed by atoms with Gasteiger partial charge < -0.3 is 20.4 Å². The Morgan fingerprint density at radius 1 is 1.21 bits per heavy atom. The summed E-state index contributed by atoms with van der Waals surface area (Å²) in [5.41, 5.74) is 3.80. The quantitative estimate of drug-likeness (QED) is 0.387. The molecule has 0 bridgehead atoms. The van der Waals surface area contributed by atoms with Gasteiger partial charge in [0.25, 0.3) is 5.91 Å². The Hall–Kier alpha value is -3.68. The van der Waals surface area contributed by atoms with E-state index in [2.05, 4.69) is 20.6 Å². The molecule has 174 valence electrons. The number of carbonyl (C=O) groups excluding carboxylic acids is 3. The van der Waals surface area contributed by atoms with E-state index in [9.17, 15) is 14.4 Å². The number of rotatable bonds is 11. The lowest BCUT2D eigenvalue weighted by Crippen LogP contribution is -2.42. The van der Waals surface area contributed by atoms with E-state index in [-0.39, 0.29) is 30.4 Å². The number of aromatic nitrogens is 2. The molecular weight excluding hydrogens is 420 g/mol. The van der Waals surface area contributed by atoms with Crippen LogP contribution in [0.15, 0.2) is 42.7 Å². The second-order valence-electron chi connectivity index (χ2n) is 8.03. The van der Waals surface area contributed by atoms with Crippen LogP contribution in [0.5, 0.6) is 5.75 Å². The van der Waals surface area contributed by atoms with Gasteiger partial charge in [-0.25, -0.2) is 4.98 Å². The number of aldehydes is 1. The van der Waals surface area contributed by atoms with Crippen molar-refractivity contribution >= 4 is 29.1 Å². The third kappa shape index (κ3) is 5.97. The van der Waals surface area contributed by atoms with Crippen molar-refractivity contribution in [1.29, 1.82) is 0 Å². The largest absolute Gasteiger partial charge is 0.483 e. The van der Waals surface area contributed by atoms with Crippen LogP contribution >= 0.6 is 0 Å². The van der Waals surface area contributed by atoms with Gasteiger partial charge in [0.1, 0.15) is 5.75 Å². The van der Waals surface area contributed by atoms with Crippen molar-refractivity contribution in [2.24, 2.45) is 5.92 Å². The number of nitrogens with one attached hydrogen (secondary N) is 3. The minimum absolute atomic E-state index is 0.0601. The average molecular weight is 451 g/mol. The molecule has 0 saturated carbocycles. The number of ether oxygens (including phenoxy) is 1. The fourth-order valence-electron chi connectivity index (χ4n) is 3.72. The number of aromatic amines is 1. The monoisotopic (exact) mass is 450 g/mol. The summed E-state index contributed by atoms with van der Waals surface area (Å²) in [5.74, 6) is 0.200. The Balaban J connectivity index is 1.67. The summed E-state index contributed by atoms with van der Waals surface area (Å²) >= 11 is 0. The minimum Gasteiger partial charge on any atom is -0.483 e. The SMILES string of the molecule is CC[C@H](C)[C@@H](CCC(=O)NC)NC(=O)COc1ccc(-c2cccc3[nH]cnc23)cc1C=O. The van der Waals surface area contributed by atoms with Crippen molar-refractivity contribution in [1.82, 2.24) is 20.6 Å². The maximum atomic E-state index is 12.5. The highest BCUT2D eigenvalue weighted by molar-refractivity contribution is 5.93. The van der Waals surface area contributed by atoms with Crippen molar-refractivity contribution in [2.75, 3.05) is 13.7 Å². The van der Waals surface area contributed by atoms with Crippen LogP contribution in [-0.4, -0.2) is 47.8 Å². The van der Waals surface area contributed by atoms with Gasteiger partial charge in [0, 0.05) is 25.1 Å². The van der Waals surface area contributed by atoms with Gasteiger partial charge in [-0.1, -0.05) is 38.5 Å². The summed E-state index contributed by atoms with van der Waals surface area (Å²) in [7, 11) is 1.60. The summed E-state index contributed by atoms with van der Waals surface area (Å²) in [4.78, 5) is 43.3. The minimum atomic E-state index is -0.292. The average Bonchev–Trinajstić information content (AvgIpc) is 3.33. The topological polar surface area (TPSA) is 113 Å². The number of para-hydroxylation sites is 1. The summed E-state index contributed by atoms with van der Waals surface area (Å²) in [6.07, 6.45) is 4.11. The van der Waals surface area contributed by atoms with Crippen LogP contribution in [0.3, 0.4) is 0 Å². The Labute approximate surface area is 193 Å². The Morgan fingerprint density at radius 3 is 2.76 bits per heavy atom. The molecular formula is C25H30N4O4. The predicted octanol–water partition coefficient (Wildman–Crippen LogP) is 3.48. The molecule has 3 N–H and O–H groups in total. The summed E-state index contributed by atoms with van der Waals surface area (Å²) in [6, 6.07) is 10.9. The van der Waals surface area contributed by atoms with Crippen molar-refractivity contribution in [2.45, 2.75) is 39.2 Å². The van der Waals surface area contributed by atoms with E-state index in [1.165, 1.54) is 0 Å². The maximum absolute atomic E-state index is 12.5.